The van der Waals surface area contributed by atoms with Crippen molar-refractivity contribution in [1.82, 2.24) is 4.90 Å². The Labute approximate surface area is 196 Å². The Bertz CT molecular complexity index is 997. The molecule has 2 aromatic rings. The van der Waals surface area contributed by atoms with Gasteiger partial charge in [-0.25, -0.2) is 0 Å². The number of carboxylic acid groups (broad SMARTS) is 1. The van der Waals surface area contributed by atoms with E-state index in [-0.39, 0.29) is 18.4 Å². The Balaban J connectivity index is 1.59. The maximum atomic E-state index is 12.3. The number of nitrogens with zero attached hydrogens (tertiary/aromatic N) is 1. The molecule has 0 aromatic heterocycles. The van der Waals surface area contributed by atoms with E-state index in [9.17, 15) is 14.7 Å². The highest BCUT2D eigenvalue weighted by atomic mass is 16.4. The Kier molecular flexibility index (Phi) is 8.84. The minimum absolute atomic E-state index is 0.00805. The van der Waals surface area contributed by atoms with Crippen LogP contribution in [0.3, 0.4) is 0 Å². The predicted molar refractivity (Wildman–Crippen MR) is 131 cm³/mol. The second kappa shape index (κ2) is 11.8. The number of hydrogen-bond acceptors (Lipinski definition) is 3. The SMILES string of the molecule is Cc1ccc(-c2cccc(C(O)/C=C/[C@H]3CCC(=O)N3CCCCCCC(=O)O)c2)c(C)c1. The molecule has 5 nitrogen and oxygen atoms in total. The second-order valence-corrected chi connectivity index (χ2v) is 9.02. The first-order valence-electron chi connectivity index (χ1n) is 11.9. The molecule has 1 aliphatic rings. The Morgan fingerprint density at radius 3 is 2.67 bits per heavy atom. The number of aliphatic hydroxyl groups is 1. The minimum atomic E-state index is -0.756. The normalized spacial score (nSPS) is 17.1. The number of hydrogen-bond donors (Lipinski definition) is 2. The van der Waals surface area contributed by atoms with Crippen LogP contribution in [-0.2, 0) is 9.59 Å². The first-order valence-corrected chi connectivity index (χ1v) is 11.9. The van der Waals surface area contributed by atoms with Crippen molar-refractivity contribution >= 4 is 11.9 Å². The molecule has 1 saturated heterocycles. The number of carbonyl (C=O) groups excluding carboxylic acids is 1. The summed E-state index contributed by atoms with van der Waals surface area (Å²) in [4.78, 5) is 24.8. The van der Waals surface area contributed by atoms with E-state index < -0.39 is 12.1 Å². The van der Waals surface area contributed by atoms with E-state index in [2.05, 4.69) is 38.1 Å². The van der Waals surface area contributed by atoms with Crippen LogP contribution in [0.2, 0.25) is 0 Å². The van der Waals surface area contributed by atoms with E-state index in [0.717, 1.165) is 42.4 Å². The third-order valence-corrected chi connectivity index (χ3v) is 6.35. The molecule has 1 heterocycles. The summed E-state index contributed by atoms with van der Waals surface area (Å²) in [6.45, 7) is 4.86. The van der Waals surface area contributed by atoms with Gasteiger partial charge in [-0.15, -0.1) is 0 Å². The Hall–Kier alpha value is -2.92. The van der Waals surface area contributed by atoms with Gasteiger partial charge in [0.05, 0.1) is 12.1 Å². The van der Waals surface area contributed by atoms with Crippen LogP contribution in [-0.4, -0.2) is 39.6 Å². The third-order valence-electron chi connectivity index (χ3n) is 6.35. The maximum Gasteiger partial charge on any atom is 0.303 e. The van der Waals surface area contributed by atoms with Crippen LogP contribution in [0.5, 0.6) is 0 Å². The fourth-order valence-electron chi connectivity index (χ4n) is 4.53. The highest BCUT2D eigenvalue weighted by Gasteiger charge is 2.28. The number of aliphatic hydroxyl groups excluding tert-OH is 1. The lowest BCUT2D eigenvalue weighted by atomic mass is 9.96. The summed E-state index contributed by atoms with van der Waals surface area (Å²) in [6.07, 6.45) is 7.87. The molecule has 0 saturated carbocycles. The van der Waals surface area contributed by atoms with Gasteiger partial charge in [-0.2, -0.15) is 0 Å². The summed E-state index contributed by atoms with van der Waals surface area (Å²) in [5.41, 5.74) is 5.51. The van der Waals surface area contributed by atoms with Gasteiger partial charge in [0.15, 0.2) is 0 Å². The predicted octanol–water partition coefficient (Wildman–Crippen LogP) is 5.59. The number of benzene rings is 2. The molecule has 3 rings (SSSR count). The van der Waals surface area contributed by atoms with E-state index >= 15 is 0 Å². The molecule has 2 N–H and O–H groups in total. The zero-order valence-corrected chi connectivity index (χ0v) is 19.7. The first kappa shape index (κ1) is 24.7. The molecule has 0 spiro atoms. The van der Waals surface area contributed by atoms with Crippen LogP contribution in [0.4, 0.5) is 0 Å². The van der Waals surface area contributed by atoms with E-state index in [1.807, 2.05) is 29.2 Å². The van der Waals surface area contributed by atoms with Crippen molar-refractivity contribution in [3.63, 3.8) is 0 Å². The van der Waals surface area contributed by atoms with Gasteiger partial charge in [0.1, 0.15) is 0 Å². The molecule has 2 atom stereocenters. The van der Waals surface area contributed by atoms with Gasteiger partial charge in [0, 0.05) is 19.4 Å². The number of unbranched alkanes of at least 4 members (excludes halogenated alkanes) is 3. The number of rotatable bonds is 11. The van der Waals surface area contributed by atoms with Crippen molar-refractivity contribution < 1.29 is 19.8 Å². The van der Waals surface area contributed by atoms with Gasteiger partial charge < -0.3 is 15.1 Å². The van der Waals surface area contributed by atoms with Crippen LogP contribution >= 0.6 is 0 Å². The highest BCUT2D eigenvalue weighted by molar-refractivity contribution is 5.79. The topological polar surface area (TPSA) is 77.8 Å². The lowest BCUT2D eigenvalue weighted by Gasteiger charge is -2.22. The van der Waals surface area contributed by atoms with Gasteiger partial charge in [0.25, 0.3) is 0 Å². The quantitative estimate of drug-likeness (QED) is 0.346. The van der Waals surface area contributed by atoms with Gasteiger partial charge >= 0.3 is 5.97 Å². The molecule has 0 radical (unpaired) electrons. The summed E-state index contributed by atoms with van der Waals surface area (Å²) in [5, 5.41) is 19.5. The molecule has 0 aliphatic carbocycles. The number of amides is 1. The summed E-state index contributed by atoms with van der Waals surface area (Å²) in [6, 6.07) is 14.4. The fraction of sp³-hybridized carbons (Fsp3) is 0.429. The molecule has 0 bridgehead atoms. The number of aryl methyl sites for hydroxylation is 2. The monoisotopic (exact) mass is 449 g/mol. The van der Waals surface area contributed by atoms with Gasteiger partial charge in [-0.3, -0.25) is 9.59 Å². The molecular weight excluding hydrogens is 414 g/mol. The van der Waals surface area contributed by atoms with E-state index in [1.165, 1.54) is 11.1 Å². The van der Waals surface area contributed by atoms with Crippen LogP contribution in [0.1, 0.15) is 67.7 Å². The molecule has 2 aromatic carbocycles. The highest BCUT2D eigenvalue weighted by Crippen LogP contribution is 2.28. The number of carboxylic acids is 1. The van der Waals surface area contributed by atoms with E-state index in [1.54, 1.807) is 6.08 Å². The number of carbonyl (C=O) groups is 2. The van der Waals surface area contributed by atoms with Crippen LogP contribution in [0, 0.1) is 13.8 Å². The Morgan fingerprint density at radius 1 is 1.12 bits per heavy atom. The van der Waals surface area contributed by atoms with Gasteiger partial charge in [-0.1, -0.05) is 67.0 Å². The third kappa shape index (κ3) is 7.03. The Morgan fingerprint density at radius 2 is 1.91 bits per heavy atom. The summed E-state index contributed by atoms with van der Waals surface area (Å²) < 4.78 is 0. The molecule has 176 valence electrons. The van der Waals surface area contributed by atoms with Crippen LogP contribution in [0.25, 0.3) is 11.1 Å². The second-order valence-electron chi connectivity index (χ2n) is 9.02. The largest absolute Gasteiger partial charge is 0.481 e. The van der Waals surface area contributed by atoms with Crippen molar-refractivity contribution in [1.29, 1.82) is 0 Å². The lowest BCUT2D eigenvalue weighted by molar-refractivity contribution is -0.137. The summed E-state index contributed by atoms with van der Waals surface area (Å²) in [7, 11) is 0. The molecule has 1 fully saturated rings. The average Bonchev–Trinajstić information content (AvgIpc) is 3.13. The van der Waals surface area contributed by atoms with Gasteiger partial charge in [-0.05, 0) is 61.4 Å². The van der Waals surface area contributed by atoms with Crippen molar-refractivity contribution in [2.75, 3.05) is 6.54 Å². The summed E-state index contributed by atoms with van der Waals surface area (Å²) >= 11 is 0. The van der Waals surface area contributed by atoms with Crippen molar-refractivity contribution in [3.05, 3.63) is 71.3 Å². The number of aliphatic carboxylic acids is 1. The average molecular weight is 450 g/mol. The minimum Gasteiger partial charge on any atom is -0.481 e. The van der Waals surface area contributed by atoms with E-state index in [0.29, 0.717) is 19.4 Å². The number of likely N-dealkylation sites (tertiary alicyclic amines) is 1. The van der Waals surface area contributed by atoms with Crippen molar-refractivity contribution in [2.24, 2.45) is 0 Å². The van der Waals surface area contributed by atoms with Crippen LogP contribution in [0.15, 0.2) is 54.6 Å². The first-order chi connectivity index (χ1) is 15.8. The standard InChI is InChI=1S/C28H35NO4/c1-20-11-14-25(21(2)18-20)22-8-7-9-23(19-22)26(30)15-12-24-13-16-27(31)29(24)17-6-4-3-5-10-28(32)33/h7-9,11-12,14-15,18-19,24,26,30H,3-6,10,13,16-17H2,1-2H3,(H,32,33)/b15-12+/t24-,26?/m0/s1. The molecule has 33 heavy (non-hydrogen) atoms. The maximum absolute atomic E-state index is 12.3. The summed E-state index contributed by atoms with van der Waals surface area (Å²) in [5.74, 6) is -0.602. The molecular formula is C28H35NO4. The fourth-order valence-corrected chi connectivity index (χ4v) is 4.53. The molecule has 5 heteroatoms. The van der Waals surface area contributed by atoms with Crippen molar-refractivity contribution in [2.45, 2.75) is 70.9 Å². The molecule has 1 unspecified atom stereocenters. The smallest absolute Gasteiger partial charge is 0.303 e. The van der Waals surface area contributed by atoms with E-state index in [4.69, 9.17) is 5.11 Å². The molecule has 1 aliphatic heterocycles. The zero-order valence-electron chi connectivity index (χ0n) is 19.7. The lowest BCUT2D eigenvalue weighted by Crippen LogP contribution is -2.32. The van der Waals surface area contributed by atoms with Crippen LogP contribution < -0.4 is 0 Å². The zero-order chi connectivity index (χ0) is 23.8. The van der Waals surface area contributed by atoms with Gasteiger partial charge in [0.2, 0.25) is 5.91 Å². The van der Waals surface area contributed by atoms with Crippen molar-refractivity contribution in [3.8, 4) is 11.1 Å². The molecule has 1 amide bonds.